The number of anilines is 2. The van der Waals surface area contributed by atoms with Gasteiger partial charge < -0.3 is 20.9 Å². The Morgan fingerprint density at radius 1 is 1.30 bits per heavy atom. The van der Waals surface area contributed by atoms with Crippen LogP contribution in [0.1, 0.15) is 6.42 Å². The van der Waals surface area contributed by atoms with Crippen molar-refractivity contribution in [1.29, 1.82) is 0 Å². The lowest BCUT2D eigenvalue weighted by Crippen LogP contribution is -2.48. The Labute approximate surface area is 147 Å². The molecular weight excluding hydrogens is 341 g/mol. The maximum atomic E-state index is 12.0. The summed E-state index contributed by atoms with van der Waals surface area (Å²) in [6.45, 7) is 3.34. The van der Waals surface area contributed by atoms with Crippen LogP contribution < -0.4 is 20.9 Å². The largest absolute Gasteiger partial charge is 0.353 e. The molecule has 0 radical (unpaired) electrons. The molecule has 23 heavy (non-hydrogen) atoms. The molecular formula is C14H21Cl2N5O2. The Morgan fingerprint density at radius 2 is 2.13 bits per heavy atom. The van der Waals surface area contributed by atoms with E-state index in [1.807, 2.05) is 17.0 Å². The Balaban J connectivity index is 0.00000132. The standard InChI is InChI=1S/C14H19N5O2.2ClH/c20-13-9-19(6-5-16-13)12-2-1-11(8-17-12)18-14(21)10-3-4-15-7-10;;/h1-2,8,10,15H,3-7,9H2,(H,16,20)(H,18,21);2*1H. The molecule has 7 nitrogen and oxygen atoms in total. The van der Waals surface area contributed by atoms with Crippen molar-refractivity contribution in [1.82, 2.24) is 15.6 Å². The highest BCUT2D eigenvalue weighted by molar-refractivity contribution is 5.92. The second-order valence-electron chi connectivity index (χ2n) is 5.36. The summed E-state index contributed by atoms with van der Waals surface area (Å²) in [6.07, 6.45) is 2.52. The first-order chi connectivity index (χ1) is 10.2. The van der Waals surface area contributed by atoms with E-state index < -0.39 is 0 Å². The van der Waals surface area contributed by atoms with Crippen molar-refractivity contribution in [2.45, 2.75) is 6.42 Å². The molecule has 0 aliphatic carbocycles. The highest BCUT2D eigenvalue weighted by Gasteiger charge is 2.22. The molecule has 3 N–H and O–H groups in total. The number of aromatic nitrogens is 1. The summed E-state index contributed by atoms with van der Waals surface area (Å²) >= 11 is 0. The number of nitrogens with one attached hydrogen (secondary N) is 3. The van der Waals surface area contributed by atoms with Gasteiger partial charge in [-0.1, -0.05) is 0 Å². The minimum atomic E-state index is 0. The lowest BCUT2D eigenvalue weighted by atomic mass is 10.1. The smallest absolute Gasteiger partial charge is 0.239 e. The number of halogens is 2. The summed E-state index contributed by atoms with van der Waals surface area (Å²) in [6, 6.07) is 3.66. The Bertz CT molecular complexity index is 534. The predicted molar refractivity (Wildman–Crippen MR) is 93.6 cm³/mol. The van der Waals surface area contributed by atoms with Crippen LogP contribution in [-0.4, -0.2) is 49.5 Å². The zero-order valence-corrected chi connectivity index (χ0v) is 14.2. The predicted octanol–water partition coefficient (Wildman–Crippen LogP) is 0.409. The van der Waals surface area contributed by atoms with Crippen LogP contribution in [0.2, 0.25) is 0 Å². The van der Waals surface area contributed by atoms with Gasteiger partial charge in [0.2, 0.25) is 11.8 Å². The van der Waals surface area contributed by atoms with Crippen LogP contribution >= 0.6 is 24.8 Å². The minimum absolute atomic E-state index is 0. The molecule has 1 unspecified atom stereocenters. The molecule has 0 aromatic carbocycles. The molecule has 128 valence electrons. The van der Waals surface area contributed by atoms with Gasteiger partial charge in [0.25, 0.3) is 0 Å². The monoisotopic (exact) mass is 361 g/mol. The Kier molecular flexibility index (Phi) is 7.54. The summed E-state index contributed by atoms with van der Waals surface area (Å²) in [4.78, 5) is 29.6. The van der Waals surface area contributed by atoms with Crippen molar-refractivity contribution in [3.63, 3.8) is 0 Å². The fourth-order valence-corrected chi connectivity index (χ4v) is 2.60. The summed E-state index contributed by atoms with van der Waals surface area (Å²) in [5, 5.41) is 8.84. The molecule has 0 spiro atoms. The van der Waals surface area contributed by atoms with E-state index >= 15 is 0 Å². The van der Waals surface area contributed by atoms with Gasteiger partial charge in [-0.3, -0.25) is 9.59 Å². The first-order valence-electron chi connectivity index (χ1n) is 7.21. The quantitative estimate of drug-likeness (QED) is 0.725. The lowest BCUT2D eigenvalue weighted by Gasteiger charge is -2.27. The van der Waals surface area contributed by atoms with Crippen molar-refractivity contribution in [3.8, 4) is 0 Å². The van der Waals surface area contributed by atoms with Crippen molar-refractivity contribution < 1.29 is 9.59 Å². The maximum absolute atomic E-state index is 12.0. The number of amides is 2. The summed E-state index contributed by atoms with van der Waals surface area (Å²) in [7, 11) is 0. The van der Waals surface area contributed by atoms with Gasteiger partial charge in [0.05, 0.1) is 24.3 Å². The van der Waals surface area contributed by atoms with Crippen molar-refractivity contribution >= 4 is 48.1 Å². The number of hydrogen-bond donors (Lipinski definition) is 3. The van der Waals surface area contributed by atoms with Crippen LogP contribution in [0.25, 0.3) is 0 Å². The summed E-state index contributed by atoms with van der Waals surface area (Å²) < 4.78 is 0. The molecule has 2 aliphatic rings. The van der Waals surface area contributed by atoms with E-state index in [1.54, 1.807) is 6.20 Å². The second kappa shape index (κ2) is 8.90. The fraction of sp³-hybridized carbons (Fsp3) is 0.500. The number of nitrogens with zero attached hydrogens (tertiary/aromatic N) is 2. The molecule has 0 bridgehead atoms. The number of hydrogen-bond acceptors (Lipinski definition) is 5. The third kappa shape index (κ3) is 4.95. The number of rotatable bonds is 3. The van der Waals surface area contributed by atoms with Crippen LogP contribution in [0.15, 0.2) is 18.3 Å². The molecule has 9 heteroatoms. The lowest BCUT2D eigenvalue weighted by molar-refractivity contribution is -0.120. The highest BCUT2D eigenvalue weighted by atomic mass is 35.5. The fourth-order valence-electron chi connectivity index (χ4n) is 2.60. The Hall–Kier alpha value is -1.57. The zero-order chi connectivity index (χ0) is 14.7. The van der Waals surface area contributed by atoms with Crippen LogP contribution in [-0.2, 0) is 9.59 Å². The van der Waals surface area contributed by atoms with E-state index in [0.717, 1.165) is 31.9 Å². The molecule has 0 saturated carbocycles. The molecule has 1 atom stereocenters. The first kappa shape index (κ1) is 19.5. The van der Waals surface area contributed by atoms with Gasteiger partial charge in [-0.15, -0.1) is 24.8 Å². The van der Waals surface area contributed by atoms with Gasteiger partial charge >= 0.3 is 0 Å². The van der Waals surface area contributed by atoms with E-state index in [0.29, 0.717) is 18.8 Å². The van der Waals surface area contributed by atoms with Gasteiger partial charge in [0.1, 0.15) is 5.82 Å². The van der Waals surface area contributed by atoms with Gasteiger partial charge in [0, 0.05) is 19.6 Å². The molecule has 1 aromatic heterocycles. The van der Waals surface area contributed by atoms with Crippen LogP contribution in [0.4, 0.5) is 11.5 Å². The molecule has 2 saturated heterocycles. The molecule has 2 aliphatic heterocycles. The van der Waals surface area contributed by atoms with Gasteiger partial charge in [-0.2, -0.15) is 0 Å². The highest BCUT2D eigenvalue weighted by Crippen LogP contribution is 2.16. The molecule has 1 aromatic rings. The summed E-state index contributed by atoms with van der Waals surface area (Å²) in [5.74, 6) is 0.835. The van der Waals surface area contributed by atoms with E-state index in [2.05, 4.69) is 20.9 Å². The average molecular weight is 362 g/mol. The van der Waals surface area contributed by atoms with E-state index in [1.165, 1.54) is 0 Å². The number of piperazine rings is 1. The van der Waals surface area contributed by atoms with Crippen molar-refractivity contribution in [3.05, 3.63) is 18.3 Å². The molecule has 2 amide bonds. The third-order valence-corrected chi connectivity index (χ3v) is 3.81. The Morgan fingerprint density at radius 3 is 2.74 bits per heavy atom. The normalized spacial score (nSPS) is 20.1. The van der Waals surface area contributed by atoms with E-state index in [-0.39, 0.29) is 42.5 Å². The van der Waals surface area contributed by atoms with Gasteiger partial charge in [-0.25, -0.2) is 4.98 Å². The third-order valence-electron chi connectivity index (χ3n) is 3.81. The van der Waals surface area contributed by atoms with Crippen LogP contribution in [0.5, 0.6) is 0 Å². The topological polar surface area (TPSA) is 86.4 Å². The number of carbonyl (C=O) groups is 2. The molecule has 3 rings (SSSR count). The molecule has 2 fully saturated rings. The SMILES string of the molecule is Cl.Cl.O=C1CN(c2ccc(NC(=O)C3CCNC3)cn2)CCN1. The van der Waals surface area contributed by atoms with Crippen LogP contribution in [0.3, 0.4) is 0 Å². The van der Waals surface area contributed by atoms with Gasteiger partial charge in [0.15, 0.2) is 0 Å². The van der Waals surface area contributed by atoms with Gasteiger partial charge in [-0.05, 0) is 25.1 Å². The first-order valence-corrected chi connectivity index (χ1v) is 7.21. The summed E-state index contributed by atoms with van der Waals surface area (Å²) in [5.41, 5.74) is 0.692. The second-order valence-corrected chi connectivity index (χ2v) is 5.36. The number of carbonyl (C=O) groups excluding carboxylic acids is 2. The maximum Gasteiger partial charge on any atom is 0.239 e. The minimum Gasteiger partial charge on any atom is -0.353 e. The van der Waals surface area contributed by atoms with E-state index in [4.69, 9.17) is 0 Å². The van der Waals surface area contributed by atoms with Crippen molar-refractivity contribution in [2.24, 2.45) is 5.92 Å². The van der Waals surface area contributed by atoms with E-state index in [9.17, 15) is 9.59 Å². The van der Waals surface area contributed by atoms with Crippen molar-refractivity contribution in [2.75, 3.05) is 42.9 Å². The average Bonchev–Trinajstić information content (AvgIpc) is 3.02. The number of pyridine rings is 1. The zero-order valence-electron chi connectivity index (χ0n) is 12.6. The van der Waals surface area contributed by atoms with Crippen LogP contribution in [0, 0.1) is 5.92 Å². The molecule has 3 heterocycles.